The summed E-state index contributed by atoms with van der Waals surface area (Å²) in [6.45, 7) is 8.52. The summed E-state index contributed by atoms with van der Waals surface area (Å²) in [4.78, 5) is 18.0. The number of aliphatic hydroxyl groups excluding tert-OH is 1. The number of thiophene rings is 1. The zero-order chi connectivity index (χ0) is 24.4. The van der Waals surface area contributed by atoms with Gasteiger partial charge in [0.25, 0.3) is 5.91 Å². The maximum atomic E-state index is 13.1. The molecule has 3 heterocycles. The van der Waals surface area contributed by atoms with E-state index in [-0.39, 0.29) is 18.1 Å². The third kappa shape index (κ3) is 5.76. The molecule has 2 aromatic carbocycles. The SMILES string of the molecule is Cc1ccc(NC2CNC2)cc1C(=O)NC(C)c1cccc(-c2ccc(CN3CC[C@H](O)C3)s2)c1. The first kappa shape index (κ1) is 24.0. The number of aliphatic hydroxyl groups is 1. The third-order valence-electron chi connectivity index (χ3n) is 6.94. The third-order valence-corrected chi connectivity index (χ3v) is 8.06. The summed E-state index contributed by atoms with van der Waals surface area (Å²) in [5.74, 6) is -0.0537. The number of nitrogens with zero attached hydrogens (tertiary/aromatic N) is 1. The number of rotatable bonds is 8. The van der Waals surface area contributed by atoms with Gasteiger partial charge < -0.3 is 21.1 Å². The molecule has 1 unspecified atom stereocenters. The lowest BCUT2D eigenvalue weighted by Gasteiger charge is -2.29. The summed E-state index contributed by atoms with van der Waals surface area (Å²) in [6, 6.07) is 19.1. The molecule has 2 aliphatic rings. The Hall–Kier alpha value is -2.71. The van der Waals surface area contributed by atoms with Crippen molar-refractivity contribution in [2.75, 3.05) is 31.5 Å². The first-order valence-electron chi connectivity index (χ1n) is 12.4. The van der Waals surface area contributed by atoms with Gasteiger partial charge in [0.15, 0.2) is 0 Å². The van der Waals surface area contributed by atoms with E-state index in [0.29, 0.717) is 11.6 Å². The monoisotopic (exact) mass is 490 g/mol. The molecule has 4 N–H and O–H groups in total. The molecule has 2 fully saturated rings. The Balaban J connectivity index is 1.25. The summed E-state index contributed by atoms with van der Waals surface area (Å²) < 4.78 is 0. The van der Waals surface area contributed by atoms with E-state index in [4.69, 9.17) is 0 Å². The molecule has 2 saturated heterocycles. The molecule has 1 aromatic heterocycles. The number of amides is 1. The Labute approximate surface area is 211 Å². The maximum Gasteiger partial charge on any atom is 0.252 e. The highest BCUT2D eigenvalue weighted by molar-refractivity contribution is 7.15. The van der Waals surface area contributed by atoms with Gasteiger partial charge in [0.05, 0.1) is 18.2 Å². The van der Waals surface area contributed by atoms with Gasteiger partial charge in [-0.3, -0.25) is 9.69 Å². The van der Waals surface area contributed by atoms with Gasteiger partial charge in [0.2, 0.25) is 0 Å². The fourth-order valence-electron chi connectivity index (χ4n) is 4.70. The molecule has 0 saturated carbocycles. The number of likely N-dealkylation sites (tertiary alicyclic amines) is 1. The molecule has 35 heavy (non-hydrogen) atoms. The van der Waals surface area contributed by atoms with Crippen LogP contribution in [0.15, 0.2) is 54.6 Å². The van der Waals surface area contributed by atoms with Crippen LogP contribution in [0.3, 0.4) is 0 Å². The molecule has 0 spiro atoms. The van der Waals surface area contributed by atoms with Crippen LogP contribution in [0, 0.1) is 6.92 Å². The molecular formula is C28H34N4O2S. The zero-order valence-electron chi connectivity index (χ0n) is 20.4. The normalized spacial score (nSPS) is 19.3. The second-order valence-electron chi connectivity index (χ2n) is 9.79. The van der Waals surface area contributed by atoms with E-state index in [1.807, 2.05) is 32.0 Å². The Kier molecular flexibility index (Phi) is 7.20. The van der Waals surface area contributed by atoms with E-state index < -0.39 is 0 Å². The fraction of sp³-hybridized carbons (Fsp3) is 0.393. The van der Waals surface area contributed by atoms with Crippen LogP contribution in [-0.4, -0.2) is 54.2 Å². The molecule has 0 bridgehead atoms. The Morgan fingerprint density at radius 2 is 2.06 bits per heavy atom. The van der Waals surface area contributed by atoms with Gasteiger partial charge in [-0.1, -0.05) is 24.3 Å². The minimum Gasteiger partial charge on any atom is -0.392 e. The van der Waals surface area contributed by atoms with Crippen molar-refractivity contribution in [2.24, 2.45) is 0 Å². The van der Waals surface area contributed by atoms with Crippen LogP contribution >= 0.6 is 11.3 Å². The number of β-amino-alcohol motifs (C(OH)–C–C–N with tert-alkyl or cyclic N) is 1. The highest BCUT2D eigenvalue weighted by atomic mass is 32.1. The second kappa shape index (κ2) is 10.5. The number of nitrogens with one attached hydrogen (secondary N) is 3. The number of aryl methyl sites for hydroxylation is 1. The van der Waals surface area contributed by atoms with Crippen LogP contribution in [0.1, 0.15) is 45.7 Å². The van der Waals surface area contributed by atoms with Crippen molar-refractivity contribution >= 4 is 22.9 Å². The average molecular weight is 491 g/mol. The van der Waals surface area contributed by atoms with Crippen molar-refractivity contribution in [3.63, 3.8) is 0 Å². The summed E-state index contributed by atoms with van der Waals surface area (Å²) in [7, 11) is 0. The Morgan fingerprint density at radius 3 is 2.80 bits per heavy atom. The van der Waals surface area contributed by atoms with Crippen molar-refractivity contribution in [3.8, 4) is 10.4 Å². The molecule has 0 radical (unpaired) electrons. The molecule has 5 rings (SSSR count). The van der Waals surface area contributed by atoms with E-state index in [9.17, 15) is 9.90 Å². The van der Waals surface area contributed by atoms with E-state index in [1.165, 1.54) is 9.75 Å². The van der Waals surface area contributed by atoms with Crippen LogP contribution in [0.2, 0.25) is 0 Å². The summed E-state index contributed by atoms with van der Waals surface area (Å²) >= 11 is 1.80. The van der Waals surface area contributed by atoms with Gasteiger partial charge in [-0.05, 0) is 67.3 Å². The number of anilines is 1. The highest BCUT2D eigenvalue weighted by Crippen LogP contribution is 2.31. The first-order valence-corrected chi connectivity index (χ1v) is 13.2. The van der Waals surface area contributed by atoms with Crippen molar-refractivity contribution in [3.05, 3.63) is 76.2 Å². The van der Waals surface area contributed by atoms with Crippen LogP contribution in [0.4, 0.5) is 5.69 Å². The van der Waals surface area contributed by atoms with Crippen molar-refractivity contribution in [1.29, 1.82) is 0 Å². The van der Waals surface area contributed by atoms with Gasteiger partial charge in [0, 0.05) is 53.7 Å². The number of hydrogen-bond acceptors (Lipinski definition) is 6. The lowest BCUT2D eigenvalue weighted by molar-refractivity contribution is 0.0939. The molecule has 0 aliphatic carbocycles. The summed E-state index contributed by atoms with van der Waals surface area (Å²) in [6.07, 6.45) is 0.674. The fourth-order valence-corrected chi connectivity index (χ4v) is 5.74. The largest absolute Gasteiger partial charge is 0.392 e. The molecule has 2 atom stereocenters. The number of hydrogen-bond donors (Lipinski definition) is 4. The van der Waals surface area contributed by atoms with Gasteiger partial charge in [-0.25, -0.2) is 0 Å². The molecule has 6 nitrogen and oxygen atoms in total. The van der Waals surface area contributed by atoms with Gasteiger partial charge in [0.1, 0.15) is 0 Å². The van der Waals surface area contributed by atoms with Gasteiger partial charge in [-0.15, -0.1) is 11.3 Å². The minimum atomic E-state index is -0.189. The van der Waals surface area contributed by atoms with E-state index in [2.05, 4.69) is 57.2 Å². The molecule has 2 aliphatic heterocycles. The molecule has 7 heteroatoms. The highest BCUT2D eigenvalue weighted by Gasteiger charge is 2.21. The predicted molar refractivity (Wildman–Crippen MR) is 143 cm³/mol. The zero-order valence-corrected chi connectivity index (χ0v) is 21.2. The Morgan fingerprint density at radius 1 is 1.20 bits per heavy atom. The molecular weight excluding hydrogens is 456 g/mol. The number of carbonyl (C=O) groups is 1. The summed E-state index contributed by atoms with van der Waals surface area (Å²) in [5, 5.41) is 19.7. The van der Waals surface area contributed by atoms with Crippen LogP contribution in [-0.2, 0) is 6.54 Å². The van der Waals surface area contributed by atoms with E-state index in [1.54, 1.807) is 11.3 Å². The predicted octanol–water partition coefficient (Wildman–Crippen LogP) is 4.16. The number of carbonyl (C=O) groups excluding carboxylic acids is 1. The van der Waals surface area contributed by atoms with Crippen molar-refractivity contribution < 1.29 is 9.90 Å². The quantitative estimate of drug-likeness (QED) is 0.381. The topological polar surface area (TPSA) is 76.6 Å². The maximum absolute atomic E-state index is 13.1. The molecule has 3 aromatic rings. The van der Waals surface area contributed by atoms with Crippen LogP contribution in [0.5, 0.6) is 0 Å². The smallest absolute Gasteiger partial charge is 0.252 e. The number of benzene rings is 2. The molecule has 184 valence electrons. The van der Waals surface area contributed by atoms with Gasteiger partial charge in [-0.2, -0.15) is 0 Å². The van der Waals surface area contributed by atoms with Crippen molar-refractivity contribution in [1.82, 2.24) is 15.5 Å². The van der Waals surface area contributed by atoms with Crippen LogP contribution < -0.4 is 16.0 Å². The van der Waals surface area contributed by atoms with Gasteiger partial charge >= 0.3 is 0 Å². The Bertz CT molecular complexity index is 1190. The lowest BCUT2D eigenvalue weighted by atomic mass is 10.0. The average Bonchev–Trinajstić information content (AvgIpc) is 3.46. The van der Waals surface area contributed by atoms with E-state index in [0.717, 1.165) is 61.5 Å². The van der Waals surface area contributed by atoms with E-state index >= 15 is 0 Å². The van der Waals surface area contributed by atoms with Crippen molar-refractivity contribution in [2.45, 2.75) is 45.0 Å². The standard InChI is InChI=1S/C28H34N4O2S/c1-18-6-7-22(31-23-14-29-15-23)13-26(18)28(34)30-19(2)20-4-3-5-21(12-20)27-9-8-25(35-27)17-32-11-10-24(33)16-32/h3-9,12-13,19,23-24,29,31,33H,10-11,14-17H2,1-2H3,(H,30,34)/t19?,24-/m0/s1. The lowest BCUT2D eigenvalue weighted by Crippen LogP contribution is -2.51. The molecule has 1 amide bonds. The second-order valence-corrected chi connectivity index (χ2v) is 11.0. The first-order chi connectivity index (χ1) is 16.9. The summed E-state index contributed by atoms with van der Waals surface area (Å²) in [5.41, 5.74) is 4.91. The van der Waals surface area contributed by atoms with Crippen LogP contribution in [0.25, 0.3) is 10.4 Å². The minimum absolute atomic E-state index is 0.0537.